The first-order chi connectivity index (χ1) is 17.0. The quantitative estimate of drug-likeness (QED) is 0.384. The number of nitrogens with zero attached hydrogens (tertiary/aromatic N) is 1. The Morgan fingerprint density at radius 2 is 1.83 bits per heavy atom. The number of rotatable bonds is 11. The lowest BCUT2D eigenvalue weighted by Crippen LogP contribution is -2.26. The minimum Gasteiger partial charge on any atom is -0.497 e. The van der Waals surface area contributed by atoms with Crippen LogP contribution in [-0.2, 0) is 17.9 Å². The molecule has 1 fully saturated rings. The second kappa shape index (κ2) is 11.1. The van der Waals surface area contributed by atoms with Crippen LogP contribution in [0.3, 0.4) is 0 Å². The van der Waals surface area contributed by atoms with Crippen LogP contribution in [0, 0.1) is 0 Å². The molecule has 1 aromatic heterocycles. The Labute approximate surface area is 205 Å². The first-order valence-corrected chi connectivity index (χ1v) is 12.0. The van der Waals surface area contributed by atoms with Crippen molar-refractivity contribution < 1.29 is 19.1 Å². The SMILES string of the molecule is CCCC(=O)NCc1cc2c(NCc3ccc(OC)cc3)c(C(=O)NC3CC3)cnc2cc1OC. The van der Waals surface area contributed by atoms with E-state index in [2.05, 4.69) is 20.9 Å². The van der Waals surface area contributed by atoms with Crippen molar-refractivity contribution >= 4 is 28.4 Å². The molecule has 0 radical (unpaired) electrons. The molecule has 8 heteroatoms. The Morgan fingerprint density at radius 3 is 2.49 bits per heavy atom. The average Bonchev–Trinajstić information content (AvgIpc) is 3.69. The molecule has 0 aliphatic heterocycles. The molecule has 4 rings (SSSR count). The molecule has 8 nitrogen and oxygen atoms in total. The Hall–Kier alpha value is -3.81. The number of hydrogen-bond donors (Lipinski definition) is 3. The predicted octanol–water partition coefficient (Wildman–Crippen LogP) is 4.17. The van der Waals surface area contributed by atoms with Crippen molar-refractivity contribution in [1.29, 1.82) is 0 Å². The number of pyridine rings is 1. The van der Waals surface area contributed by atoms with E-state index < -0.39 is 0 Å². The van der Waals surface area contributed by atoms with Crippen LogP contribution in [-0.4, -0.2) is 37.1 Å². The fraction of sp³-hybridized carbons (Fsp3) is 0.370. The Bertz CT molecular complexity index is 1210. The van der Waals surface area contributed by atoms with Crippen molar-refractivity contribution in [1.82, 2.24) is 15.6 Å². The molecule has 184 valence electrons. The van der Waals surface area contributed by atoms with Crippen LogP contribution in [0.5, 0.6) is 11.5 Å². The van der Waals surface area contributed by atoms with Gasteiger partial charge in [-0.25, -0.2) is 0 Å². The van der Waals surface area contributed by atoms with E-state index in [4.69, 9.17) is 9.47 Å². The summed E-state index contributed by atoms with van der Waals surface area (Å²) in [7, 11) is 3.23. The fourth-order valence-electron chi connectivity index (χ4n) is 3.89. The summed E-state index contributed by atoms with van der Waals surface area (Å²) < 4.78 is 10.8. The Kier molecular flexibility index (Phi) is 7.70. The molecule has 0 saturated heterocycles. The molecule has 1 saturated carbocycles. The molecule has 0 spiro atoms. The summed E-state index contributed by atoms with van der Waals surface area (Å²) in [6.07, 6.45) is 4.86. The van der Waals surface area contributed by atoms with E-state index in [1.807, 2.05) is 43.3 Å². The zero-order valence-corrected chi connectivity index (χ0v) is 20.4. The first kappa shape index (κ1) is 24.3. The minimum atomic E-state index is -0.146. The van der Waals surface area contributed by atoms with Gasteiger partial charge >= 0.3 is 0 Å². The van der Waals surface area contributed by atoms with Gasteiger partial charge < -0.3 is 25.4 Å². The lowest BCUT2D eigenvalue weighted by molar-refractivity contribution is -0.121. The van der Waals surface area contributed by atoms with Crippen molar-refractivity contribution in [2.45, 2.75) is 51.7 Å². The highest BCUT2D eigenvalue weighted by molar-refractivity contribution is 6.07. The highest BCUT2D eigenvalue weighted by atomic mass is 16.5. The summed E-state index contributed by atoms with van der Waals surface area (Å²) in [5.41, 5.74) is 3.76. The molecule has 1 aliphatic rings. The summed E-state index contributed by atoms with van der Waals surface area (Å²) >= 11 is 0. The standard InChI is InChI=1S/C27H32N4O4/c1-4-5-25(32)29-15-18-12-21-23(13-24(18)35-3)28-16-22(27(33)31-19-8-9-19)26(21)30-14-17-6-10-20(34-2)11-7-17/h6-7,10-13,16,19H,4-5,8-9,14-15H2,1-3H3,(H,28,30)(H,29,32)(H,31,33). The number of ether oxygens (including phenoxy) is 2. The van der Waals surface area contributed by atoms with Crippen molar-refractivity contribution in [2.24, 2.45) is 0 Å². The first-order valence-electron chi connectivity index (χ1n) is 12.0. The van der Waals surface area contributed by atoms with Gasteiger partial charge in [0.1, 0.15) is 11.5 Å². The maximum Gasteiger partial charge on any atom is 0.255 e. The summed E-state index contributed by atoms with van der Waals surface area (Å²) in [5, 5.41) is 10.3. The van der Waals surface area contributed by atoms with Gasteiger partial charge in [0.05, 0.1) is 31.0 Å². The van der Waals surface area contributed by atoms with Crippen LogP contribution in [0.4, 0.5) is 5.69 Å². The molecule has 3 aromatic rings. The molecule has 0 atom stereocenters. The normalized spacial score (nSPS) is 12.8. The van der Waals surface area contributed by atoms with E-state index in [1.165, 1.54) is 0 Å². The zero-order chi connectivity index (χ0) is 24.8. The molecule has 1 heterocycles. The van der Waals surface area contributed by atoms with E-state index in [1.54, 1.807) is 20.4 Å². The molecule has 35 heavy (non-hydrogen) atoms. The van der Waals surface area contributed by atoms with Gasteiger partial charge in [-0.1, -0.05) is 19.1 Å². The highest BCUT2D eigenvalue weighted by Crippen LogP contribution is 2.33. The topological polar surface area (TPSA) is 102 Å². The van der Waals surface area contributed by atoms with Gasteiger partial charge in [-0.2, -0.15) is 0 Å². The number of anilines is 1. The van der Waals surface area contributed by atoms with Crippen LogP contribution in [0.1, 0.15) is 54.1 Å². The third-order valence-electron chi connectivity index (χ3n) is 6.01. The molecular weight excluding hydrogens is 444 g/mol. The van der Waals surface area contributed by atoms with Gasteiger partial charge in [0, 0.05) is 48.8 Å². The van der Waals surface area contributed by atoms with E-state index in [-0.39, 0.29) is 17.9 Å². The van der Waals surface area contributed by atoms with Crippen LogP contribution in [0.15, 0.2) is 42.6 Å². The second-order valence-corrected chi connectivity index (χ2v) is 8.70. The zero-order valence-electron chi connectivity index (χ0n) is 20.4. The van der Waals surface area contributed by atoms with Crippen LogP contribution < -0.4 is 25.4 Å². The van der Waals surface area contributed by atoms with Crippen molar-refractivity contribution in [3.8, 4) is 11.5 Å². The molecule has 0 bridgehead atoms. The summed E-state index contributed by atoms with van der Waals surface area (Å²) in [6, 6.07) is 11.8. The smallest absolute Gasteiger partial charge is 0.255 e. The molecule has 1 aliphatic carbocycles. The minimum absolute atomic E-state index is 0.0109. The second-order valence-electron chi connectivity index (χ2n) is 8.70. The number of aromatic nitrogens is 1. The maximum absolute atomic E-state index is 13.1. The highest BCUT2D eigenvalue weighted by Gasteiger charge is 2.26. The van der Waals surface area contributed by atoms with Gasteiger partial charge in [0.25, 0.3) is 5.91 Å². The molecule has 0 unspecified atom stereocenters. The number of fused-ring (bicyclic) bond motifs is 1. The van der Waals surface area contributed by atoms with E-state index in [0.29, 0.717) is 42.0 Å². The van der Waals surface area contributed by atoms with Crippen LogP contribution in [0.25, 0.3) is 10.9 Å². The van der Waals surface area contributed by atoms with E-state index in [9.17, 15) is 9.59 Å². The van der Waals surface area contributed by atoms with Crippen LogP contribution in [0.2, 0.25) is 0 Å². The van der Waals surface area contributed by atoms with Gasteiger partial charge in [-0.15, -0.1) is 0 Å². The van der Waals surface area contributed by atoms with Gasteiger partial charge in [-0.3, -0.25) is 14.6 Å². The van der Waals surface area contributed by atoms with Gasteiger partial charge in [-0.05, 0) is 43.0 Å². The van der Waals surface area contributed by atoms with Crippen molar-refractivity contribution in [3.63, 3.8) is 0 Å². The lowest BCUT2D eigenvalue weighted by atomic mass is 10.0. The molecule has 3 N–H and O–H groups in total. The summed E-state index contributed by atoms with van der Waals surface area (Å²) in [5.74, 6) is 1.27. The third kappa shape index (κ3) is 6.01. The molecule has 2 aromatic carbocycles. The number of amides is 2. The monoisotopic (exact) mass is 476 g/mol. The van der Waals surface area contributed by atoms with E-state index in [0.717, 1.165) is 41.5 Å². The lowest BCUT2D eigenvalue weighted by Gasteiger charge is -2.17. The van der Waals surface area contributed by atoms with Gasteiger partial charge in [0.15, 0.2) is 0 Å². The third-order valence-corrected chi connectivity index (χ3v) is 6.01. The fourth-order valence-corrected chi connectivity index (χ4v) is 3.89. The van der Waals surface area contributed by atoms with Gasteiger partial charge in [0.2, 0.25) is 5.91 Å². The number of nitrogens with one attached hydrogen (secondary N) is 3. The van der Waals surface area contributed by atoms with Crippen molar-refractivity contribution in [2.75, 3.05) is 19.5 Å². The number of methoxy groups -OCH3 is 2. The summed E-state index contributed by atoms with van der Waals surface area (Å²) in [6.45, 7) is 2.81. The maximum atomic E-state index is 13.1. The largest absolute Gasteiger partial charge is 0.497 e. The van der Waals surface area contributed by atoms with Crippen molar-refractivity contribution in [3.05, 3.63) is 59.3 Å². The number of carbonyl (C=O) groups excluding carboxylic acids is 2. The molecular formula is C27H32N4O4. The number of carbonyl (C=O) groups is 2. The van der Waals surface area contributed by atoms with E-state index >= 15 is 0 Å². The summed E-state index contributed by atoms with van der Waals surface area (Å²) in [4.78, 5) is 29.7. The Balaban J connectivity index is 1.70. The Morgan fingerprint density at radius 1 is 1.06 bits per heavy atom. The number of benzene rings is 2. The average molecular weight is 477 g/mol. The predicted molar refractivity (Wildman–Crippen MR) is 136 cm³/mol. The number of hydrogen-bond acceptors (Lipinski definition) is 6. The van der Waals surface area contributed by atoms with Crippen LogP contribution >= 0.6 is 0 Å². The molecule has 2 amide bonds.